The Bertz CT molecular complexity index is 321. The third kappa shape index (κ3) is 1.35. The largest absolute Gasteiger partial charge is 0.660 e. The van der Waals surface area contributed by atoms with E-state index in [1.54, 1.807) is 0 Å². The van der Waals surface area contributed by atoms with Crippen LogP contribution in [0.1, 0.15) is 53.4 Å². The Hall–Kier alpha value is -0.0400. The van der Waals surface area contributed by atoms with Gasteiger partial charge in [0.1, 0.15) is 0 Å². The monoisotopic (exact) mass is 234 g/mol. The third-order valence-corrected chi connectivity index (χ3v) is 6.91. The second-order valence-corrected chi connectivity index (χ2v) is 7.64. The molecular formula is C16H28N-. The Morgan fingerprint density at radius 2 is 1.76 bits per heavy atom. The molecule has 0 aromatic heterocycles. The highest BCUT2D eigenvalue weighted by atomic mass is 15.0. The number of nitrogens with zero attached hydrogens (tertiary/aromatic N) is 1. The zero-order valence-corrected chi connectivity index (χ0v) is 12.2. The highest BCUT2D eigenvalue weighted by Crippen LogP contribution is 2.80. The first-order valence-electron chi connectivity index (χ1n) is 7.56. The van der Waals surface area contributed by atoms with Crippen molar-refractivity contribution in [3.05, 3.63) is 5.32 Å². The minimum atomic E-state index is 0.210. The second kappa shape index (κ2) is 3.50. The normalized spacial score (nSPS) is 53.1. The van der Waals surface area contributed by atoms with Crippen LogP contribution < -0.4 is 0 Å². The quantitative estimate of drug-likeness (QED) is 0.669. The summed E-state index contributed by atoms with van der Waals surface area (Å²) in [6.07, 6.45) is 5.87. The molecule has 1 spiro atoms. The zero-order chi connectivity index (χ0) is 12.4. The van der Waals surface area contributed by atoms with Crippen molar-refractivity contribution in [3.63, 3.8) is 0 Å². The van der Waals surface area contributed by atoms with Crippen molar-refractivity contribution in [3.8, 4) is 0 Å². The third-order valence-electron chi connectivity index (χ3n) is 6.91. The molecule has 3 aliphatic carbocycles. The van der Waals surface area contributed by atoms with E-state index in [4.69, 9.17) is 5.32 Å². The van der Waals surface area contributed by atoms with Crippen LogP contribution in [0.3, 0.4) is 0 Å². The standard InChI is InChI=1S/C16H28N/c1-10-8-9-16-11(2)6-7-12(14(16)13(10)16)15(3,4)17-5/h10-14H,6-9H2,1-5H3/q-1/t10-,11-,12-,13+,14+,16-/m1/s1. The van der Waals surface area contributed by atoms with E-state index in [-0.39, 0.29) is 5.54 Å². The van der Waals surface area contributed by atoms with E-state index in [1.807, 2.05) is 7.05 Å². The van der Waals surface area contributed by atoms with Gasteiger partial charge < -0.3 is 5.32 Å². The van der Waals surface area contributed by atoms with E-state index in [9.17, 15) is 0 Å². The Kier molecular flexibility index (Phi) is 2.47. The van der Waals surface area contributed by atoms with Gasteiger partial charge in [0.2, 0.25) is 0 Å². The van der Waals surface area contributed by atoms with Crippen LogP contribution in [0.15, 0.2) is 0 Å². The smallest absolute Gasteiger partial charge is 0.0204 e. The minimum Gasteiger partial charge on any atom is -0.660 e. The fourth-order valence-electron chi connectivity index (χ4n) is 5.76. The molecule has 0 unspecified atom stereocenters. The molecule has 1 heteroatoms. The molecule has 3 saturated carbocycles. The average Bonchev–Trinajstić information content (AvgIpc) is 2.86. The number of hydrogen-bond acceptors (Lipinski definition) is 0. The van der Waals surface area contributed by atoms with Gasteiger partial charge in [0.25, 0.3) is 0 Å². The lowest BCUT2D eigenvalue weighted by molar-refractivity contribution is 0.135. The first kappa shape index (κ1) is 12.0. The first-order valence-corrected chi connectivity index (χ1v) is 7.56. The van der Waals surface area contributed by atoms with Crippen molar-refractivity contribution < 1.29 is 0 Å². The van der Waals surface area contributed by atoms with Crippen molar-refractivity contribution in [2.45, 2.75) is 58.9 Å². The van der Waals surface area contributed by atoms with Gasteiger partial charge in [-0.05, 0) is 48.3 Å². The molecule has 0 amide bonds. The van der Waals surface area contributed by atoms with Crippen molar-refractivity contribution in [2.24, 2.45) is 35.0 Å². The lowest BCUT2D eigenvalue weighted by Gasteiger charge is -2.50. The summed E-state index contributed by atoms with van der Waals surface area (Å²) in [5, 5.41) is 4.70. The van der Waals surface area contributed by atoms with Gasteiger partial charge in [0.05, 0.1) is 0 Å². The molecule has 3 fully saturated rings. The summed E-state index contributed by atoms with van der Waals surface area (Å²) in [7, 11) is 2.02. The summed E-state index contributed by atoms with van der Waals surface area (Å²) in [5.74, 6) is 4.87. The van der Waals surface area contributed by atoms with Gasteiger partial charge in [0, 0.05) is 0 Å². The number of fused-ring (bicyclic) bond motifs is 1. The summed E-state index contributed by atoms with van der Waals surface area (Å²) in [6, 6.07) is 0. The van der Waals surface area contributed by atoms with E-state index in [0.29, 0.717) is 0 Å². The SMILES string of the molecule is C[N-]C(C)(C)[C@@H]1CC[C@@H](C)[C@]23CC[C@@H](C)[C@H]2[C@H]13. The minimum absolute atomic E-state index is 0.210. The lowest BCUT2D eigenvalue weighted by atomic mass is 9.67. The molecular weight excluding hydrogens is 206 g/mol. The fourth-order valence-corrected chi connectivity index (χ4v) is 5.76. The second-order valence-electron chi connectivity index (χ2n) is 7.64. The maximum absolute atomic E-state index is 4.70. The fraction of sp³-hybridized carbons (Fsp3) is 1.00. The average molecular weight is 234 g/mol. The predicted molar refractivity (Wildman–Crippen MR) is 73.1 cm³/mol. The van der Waals surface area contributed by atoms with Crippen molar-refractivity contribution in [1.29, 1.82) is 0 Å². The maximum atomic E-state index is 4.70. The van der Waals surface area contributed by atoms with Crippen LogP contribution in [-0.4, -0.2) is 12.6 Å². The van der Waals surface area contributed by atoms with Crippen LogP contribution in [0.25, 0.3) is 5.32 Å². The summed E-state index contributed by atoms with van der Waals surface area (Å²) < 4.78 is 0. The zero-order valence-electron chi connectivity index (χ0n) is 12.2. The van der Waals surface area contributed by atoms with Gasteiger partial charge in [0.15, 0.2) is 0 Å². The highest BCUT2D eigenvalue weighted by Gasteiger charge is 2.74. The van der Waals surface area contributed by atoms with Gasteiger partial charge in [-0.1, -0.05) is 40.0 Å². The molecule has 3 aliphatic rings. The molecule has 0 saturated heterocycles. The summed E-state index contributed by atoms with van der Waals surface area (Å²) in [6.45, 7) is 9.75. The molecule has 98 valence electrons. The highest BCUT2D eigenvalue weighted by molar-refractivity contribution is 5.25. The first-order chi connectivity index (χ1) is 7.95. The molecule has 0 aromatic rings. The molecule has 0 aromatic carbocycles. The molecule has 0 heterocycles. The summed E-state index contributed by atoms with van der Waals surface area (Å²) in [4.78, 5) is 0. The molecule has 0 bridgehead atoms. The van der Waals surface area contributed by atoms with Crippen LogP contribution in [0.5, 0.6) is 0 Å². The van der Waals surface area contributed by atoms with Crippen LogP contribution in [0, 0.1) is 35.0 Å². The maximum Gasteiger partial charge on any atom is -0.0204 e. The number of rotatable bonds is 2. The van der Waals surface area contributed by atoms with E-state index in [2.05, 4.69) is 27.7 Å². The summed E-state index contributed by atoms with van der Waals surface area (Å²) >= 11 is 0. The lowest BCUT2D eigenvalue weighted by Crippen LogP contribution is -2.38. The van der Waals surface area contributed by atoms with Crippen molar-refractivity contribution >= 4 is 0 Å². The van der Waals surface area contributed by atoms with E-state index >= 15 is 0 Å². The Labute approximate surface area is 107 Å². The van der Waals surface area contributed by atoms with E-state index in [0.717, 1.165) is 35.0 Å². The van der Waals surface area contributed by atoms with Gasteiger partial charge in [-0.2, -0.15) is 7.05 Å². The Morgan fingerprint density at radius 1 is 1.06 bits per heavy atom. The van der Waals surface area contributed by atoms with Crippen LogP contribution >= 0.6 is 0 Å². The molecule has 0 N–H and O–H groups in total. The van der Waals surface area contributed by atoms with E-state index < -0.39 is 0 Å². The van der Waals surface area contributed by atoms with Gasteiger partial charge in [-0.25, -0.2) is 0 Å². The van der Waals surface area contributed by atoms with Crippen LogP contribution in [-0.2, 0) is 0 Å². The molecule has 17 heavy (non-hydrogen) atoms. The Balaban J connectivity index is 1.89. The van der Waals surface area contributed by atoms with Crippen LogP contribution in [0.4, 0.5) is 0 Å². The van der Waals surface area contributed by atoms with Gasteiger partial charge >= 0.3 is 0 Å². The van der Waals surface area contributed by atoms with Gasteiger partial charge in [-0.15, -0.1) is 5.54 Å². The predicted octanol–water partition coefficient (Wildman–Crippen LogP) is 4.48. The number of hydrogen-bond donors (Lipinski definition) is 0. The van der Waals surface area contributed by atoms with Crippen molar-refractivity contribution in [2.75, 3.05) is 7.05 Å². The summed E-state index contributed by atoms with van der Waals surface area (Å²) in [5.41, 5.74) is 0.964. The van der Waals surface area contributed by atoms with E-state index in [1.165, 1.54) is 25.7 Å². The topological polar surface area (TPSA) is 14.1 Å². The molecule has 6 atom stereocenters. The Morgan fingerprint density at radius 3 is 2.41 bits per heavy atom. The van der Waals surface area contributed by atoms with Crippen LogP contribution in [0.2, 0.25) is 0 Å². The molecule has 0 radical (unpaired) electrons. The molecule has 0 aliphatic heterocycles. The van der Waals surface area contributed by atoms with Gasteiger partial charge in [-0.3, -0.25) is 0 Å². The molecule has 1 nitrogen and oxygen atoms in total. The molecule has 3 rings (SSSR count). The van der Waals surface area contributed by atoms with Crippen molar-refractivity contribution in [1.82, 2.24) is 0 Å².